The summed E-state index contributed by atoms with van der Waals surface area (Å²) in [7, 11) is 0. The second-order valence-electron chi connectivity index (χ2n) is 5.36. The standard InChI is InChI=1S/C15H17FO2/c16-14-4-2-1-3-10(14)9-15(17)11-7-12-5-6-13(8-11)18-12/h1-4,11-13H,5-9H2. The first kappa shape index (κ1) is 11.8. The molecule has 2 aliphatic rings. The van der Waals surface area contributed by atoms with Crippen molar-refractivity contribution in [1.29, 1.82) is 0 Å². The first-order valence-corrected chi connectivity index (χ1v) is 6.64. The molecule has 2 fully saturated rings. The topological polar surface area (TPSA) is 26.3 Å². The summed E-state index contributed by atoms with van der Waals surface area (Å²) in [6.45, 7) is 0. The molecule has 1 aromatic carbocycles. The maximum atomic E-state index is 13.5. The van der Waals surface area contributed by atoms with Crippen LogP contribution in [0.3, 0.4) is 0 Å². The summed E-state index contributed by atoms with van der Waals surface area (Å²) in [5, 5.41) is 0. The Balaban J connectivity index is 1.67. The molecule has 0 amide bonds. The van der Waals surface area contributed by atoms with Crippen molar-refractivity contribution in [2.24, 2.45) is 5.92 Å². The van der Waals surface area contributed by atoms with Gasteiger partial charge in [0.15, 0.2) is 0 Å². The molecule has 0 saturated carbocycles. The van der Waals surface area contributed by atoms with Crippen LogP contribution in [0.1, 0.15) is 31.2 Å². The molecule has 1 aromatic rings. The van der Waals surface area contributed by atoms with Gasteiger partial charge in [0.2, 0.25) is 0 Å². The normalized spacial score (nSPS) is 30.4. The third-order valence-corrected chi connectivity index (χ3v) is 4.07. The number of carbonyl (C=O) groups excluding carboxylic acids is 1. The summed E-state index contributed by atoms with van der Waals surface area (Å²) in [5.41, 5.74) is 0.515. The van der Waals surface area contributed by atoms with Crippen LogP contribution in [0.25, 0.3) is 0 Å². The van der Waals surface area contributed by atoms with Gasteiger partial charge in [0.25, 0.3) is 0 Å². The maximum absolute atomic E-state index is 13.5. The van der Waals surface area contributed by atoms with E-state index in [0.717, 1.165) is 25.7 Å². The molecule has 2 aliphatic heterocycles. The molecule has 2 heterocycles. The largest absolute Gasteiger partial charge is 0.375 e. The van der Waals surface area contributed by atoms with Crippen molar-refractivity contribution in [1.82, 2.24) is 0 Å². The third kappa shape index (κ3) is 2.32. The van der Waals surface area contributed by atoms with E-state index < -0.39 is 0 Å². The van der Waals surface area contributed by atoms with E-state index in [-0.39, 0.29) is 36.1 Å². The van der Waals surface area contributed by atoms with Gasteiger partial charge in [-0.15, -0.1) is 0 Å². The predicted molar refractivity (Wildman–Crippen MR) is 65.7 cm³/mol. The Labute approximate surface area is 106 Å². The lowest BCUT2D eigenvalue weighted by atomic mass is 9.88. The van der Waals surface area contributed by atoms with Gasteiger partial charge in [0, 0.05) is 12.3 Å². The van der Waals surface area contributed by atoms with Crippen LogP contribution in [0.15, 0.2) is 24.3 Å². The van der Waals surface area contributed by atoms with Crippen LogP contribution in [0.5, 0.6) is 0 Å². The summed E-state index contributed by atoms with van der Waals surface area (Å²) in [6, 6.07) is 6.54. The lowest BCUT2D eigenvalue weighted by Crippen LogP contribution is -2.30. The van der Waals surface area contributed by atoms with Gasteiger partial charge in [-0.2, -0.15) is 0 Å². The van der Waals surface area contributed by atoms with Crippen molar-refractivity contribution in [3.05, 3.63) is 35.6 Å². The van der Waals surface area contributed by atoms with Crippen LogP contribution in [0.4, 0.5) is 4.39 Å². The highest BCUT2D eigenvalue weighted by atomic mass is 19.1. The van der Waals surface area contributed by atoms with Crippen LogP contribution in [0.2, 0.25) is 0 Å². The van der Waals surface area contributed by atoms with E-state index >= 15 is 0 Å². The van der Waals surface area contributed by atoms with Gasteiger partial charge in [-0.1, -0.05) is 18.2 Å². The van der Waals surface area contributed by atoms with Crippen LogP contribution in [0, 0.1) is 11.7 Å². The SMILES string of the molecule is O=C(Cc1ccccc1F)C1CC2CCC(C1)O2. The van der Waals surface area contributed by atoms with Gasteiger partial charge in [-0.25, -0.2) is 4.39 Å². The van der Waals surface area contributed by atoms with Gasteiger partial charge < -0.3 is 4.74 Å². The minimum absolute atomic E-state index is 0.0656. The Morgan fingerprint density at radius 1 is 1.22 bits per heavy atom. The second kappa shape index (κ2) is 4.81. The Bertz CT molecular complexity index is 446. The molecule has 2 saturated heterocycles. The fourth-order valence-electron chi connectivity index (χ4n) is 3.09. The molecular formula is C15H17FO2. The van der Waals surface area contributed by atoms with Gasteiger partial charge in [-0.05, 0) is 37.3 Å². The summed E-state index contributed by atoms with van der Waals surface area (Å²) in [6.07, 6.45) is 4.55. The monoisotopic (exact) mass is 248 g/mol. The quantitative estimate of drug-likeness (QED) is 0.822. The molecule has 2 unspecified atom stereocenters. The van der Waals surface area contributed by atoms with E-state index in [2.05, 4.69) is 0 Å². The highest BCUT2D eigenvalue weighted by molar-refractivity contribution is 5.83. The summed E-state index contributed by atoms with van der Waals surface area (Å²) < 4.78 is 19.2. The van der Waals surface area contributed by atoms with E-state index in [1.807, 2.05) is 0 Å². The lowest BCUT2D eigenvalue weighted by Gasteiger charge is -2.27. The molecular weight excluding hydrogens is 231 g/mol. The number of halogens is 1. The number of hydrogen-bond donors (Lipinski definition) is 0. The highest BCUT2D eigenvalue weighted by Crippen LogP contribution is 2.36. The third-order valence-electron chi connectivity index (χ3n) is 4.07. The molecule has 2 bridgehead atoms. The molecule has 2 atom stereocenters. The minimum Gasteiger partial charge on any atom is -0.375 e. The van der Waals surface area contributed by atoms with Crippen LogP contribution in [-0.2, 0) is 16.0 Å². The Hall–Kier alpha value is -1.22. The van der Waals surface area contributed by atoms with Gasteiger partial charge >= 0.3 is 0 Å². The molecule has 96 valence electrons. The van der Waals surface area contributed by atoms with Gasteiger partial charge in [0.05, 0.1) is 12.2 Å². The first-order chi connectivity index (χ1) is 8.72. The summed E-state index contributed by atoms with van der Waals surface area (Å²) in [4.78, 5) is 12.2. The Morgan fingerprint density at radius 3 is 2.56 bits per heavy atom. The Morgan fingerprint density at radius 2 is 1.89 bits per heavy atom. The summed E-state index contributed by atoms with van der Waals surface area (Å²) >= 11 is 0. The summed E-state index contributed by atoms with van der Waals surface area (Å²) in [5.74, 6) is -0.0444. The Kier molecular flexibility index (Phi) is 3.16. The molecule has 0 spiro atoms. The van der Waals surface area contributed by atoms with E-state index in [9.17, 15) is 9.18 Å². The fourth-order valence-corrected chi connectivity index (χ4v) is 3.09. The number of hydrogen-bond acceptors (Lipinski definition) is 2. The molecule has 18 heavy (non-hydrogen) atoms. The van der Waals surface area contributed by atoms with Crippen molar-refractivity contribution in [3.8, 4) is 0 Å². The number of ether oxygens (including phenoxy) is 1. The van der Waals surface area contributed by atoms with E-state index in [4.69, 9.17) is 4.74 Å². The molecule has 3 rings (SSSR count). The fraction of sp³-hybridized carbons (Fsp3) is 0.533. The number of rotatable bonds is 3. The molecule has 0 radical (unpaired) electrons. The molecule has 0 aliphatic carbocycles. The number of Topliss-reactive ketones (excluding diaryl/α,β-unsaturated/α-hetero) is 1. The minimum atomic E-state index is -0.277. The average molecular weight is 248 g/mol. The zero-order chi connectivity index (χ0) is 12.5. The van der Waals surface area contributed by atoms with Crippen LogP contribution >= 0.6 is 0 Å². The molecule has 3 heteroatoms. The number of benzene rings is 1. The molecule has 2 nitrogen and oxygen atoms in total. The molecule has 0 N–H and O–H groups in total. The van der Waals surface area contributed by atoms with Crippen molar-refractivity contribution in [2.75, 3.05) is 0 Å². The molecule has 0 aromatic heterocycles. The van der Waals surface area contributed by atoms with E-state index in [1.54, 1.807) is 18.2 Å². The second-order valence-corrected chi connectivity index (χ2v) is 5.36. The average Bonchev–Trinajstić information content (AvgIpc) is 2.71. The van der Waals surface area contributed by atoms with E-state index in [1.165, 1.54) is 6.07 Å². The highest BCUT2D eigenvalue weighted by Gasteiger charge is 2.37. The smallest absolute Gasteiger partial charge is 0.140 e. The number of fused-ring (bicyclic) bond motifs is 2. The lowest BCUT2D eigenvalue weighted by molar-refractivity contribution is -0.128. The van der Waals surface area contributed by atoms with Crippen molar-refractivity contribution in [2.45, 2.75) is 44.3 Å². The van der Waals surface area contributed by atoms with Crippen LogP contribution in [-0.4, -0.2) is 18.0 Å². The number of ketones is 1. The maximum Gasteiger partial charge on any atom is 0.140 e. The number of carbonyl (C=O) groups is 1. The van der Waals surface area contributed by atoms with Gasteiger partial charge in [0.1, 0.15) is 11.6 Å². The van der Waals surface area contributed by atoms with Gasteiger partial charge in [-0.3, -0.25) is 4.79 Å². The van der Waals surface area contributed by atoms with Crippen molar-refractivity contribution in [3.63, 3.8) is 0 Å². The van der Waals surface area contributed by atoms with Crippen LogP contribution < -0.4 is 0 Å². The first-order valence-electron chi connectivity index (χ1n) is 6.64. The predicted octanol–water partition coefficient (Wildman–Crippen LogP) is 2.89. The van der Waals surface area contributed by atoms with Crippen molar-refractivity contribution < 1.29 is 13.9 Å². The zero-order valence-corrected chi connectivity index (χ0v) is 10.3. The van der Waals surface area contributed by atoms with E-state index in [0.29, 0.717) is 5.56 Å². The van der Waals surface area contributed by atoms with Crippen molar-refractivity contribution >= 4 is 5.78 Å². The zero-order valence-electron chi connectivity index (χ0n) is 10.3.